The van der Waals surface area contributed by atoms with Crippen LogP contribution in [0.1, 0.15) is 24.5 Å². The van der Waals surface area contributed by atoms with Crippen LogP contribution in [0.5, 0.6) is 5.75 Å². The van der Waals surface area contributed by atoms with Crippen molar-refractivity contribution in [3.63, 3.8) is 0 Å². The molecule has 1 amide bonds. The molecule has 2 aromatic rings. The minimum atomic E-state index is -3.67. The summed E-state index contributed by atoms with van der Waals surface area (Å²) in [5.41, 5.74) is 2.34. The number of hydrogen-bond acceptors (Lipinski definition) is 4. The van der Waals surface area contributed by atoms with Crippen LogP contribution in [-0.2, 0) is 21.2 Å². The lowest BCUT2D eigenvalue weighted by atomic mass is 10.1. The van der Waals surface area contributed by atoms with Crippen LogP contribution in [0, 0.1) is 6.92 Å². The Hall–Kier alpha value is -2.25. The first kappa shape index (κ1) is 23.0. The summed E-state index contributed by atoms with van der Waals surface area (Å²) in [6.45, 7) is 3.84. The van der Waals surface area contributed by atoms with Gasteiger partial charge in [-0.15, -0.1) is 0 Å². The van der Waals surface area contributed by atoms with Gasteiger partial charge in [0.25, 0.3) is 0 Å². The highest BCUT2D eigenvalue weighted by Gasteiger charge is 2.29. The van der Waals surface area contributed by atoms with Crippen molar-refractivity contribution in [2.24, 2.45) is 0 Å². The lowest BCUT2D eigenvalue weighted by Crippen LogP contribution is -2.48. The number of anilines is 1. The van der Waals surface area contributed by atoms with Crippen molar-refractivity contribution in [3.05, 3.63) is 58.6 Å². The van der Waals surface area contributed by atoms with Crippen molar-refractivity contribution in [3.8, 4) is 5.75 Å². The molecule has 0 radical (unpaired) electrons. The summed E-state index contributed by atoms with van der Waals surface area (Å²) >= 11 is 6.14. The zero-order chi connectivity index (χ0) is 21.6. The molecule has 0 fully saturated rings. The molecular formula is C21H27ClN2O4S. The zero-order valence-electron chi connectivity index (χ0n) is 17.1. The lowest BCUT2D eigenvalue weighted by Gasteiger charge is -2.28. The van der Waals surface area contributed by atoms with E-state index in [1.165, 1.54) is 0 Å². The van der Waals surface area contributed by atoms with E-state index in [-0.39, 0.29) is 5.91 Å². The number of carbonyl (C=O) groups is 1. The van der Waals surface area contributed by atoms with Crippen molar-refractivity contribution >= 4 is 33.2 Å². The van der Waals surface area contributed by atoms with E-state index in [4.69, 9.17) is 16.3 Å². The van der Waals surface area contributed by atoms with Crippen LogP contribution in [0.4, 0.5) is 5.69 Å². The van der Waals surface area contributed by atoms with Crippen molar-refractivity contribution in [2.75, 3.05) is 24.2 Å². The van der Waals surface area contributed by atoms with Gasteiger partial charge in [-0.1, -0.05) is 29.8 Å². The first-order valence-corrected chi connectivity index (χ1v) is 11.5. The largest absolute Gasteiger partial charge is 0.497 e. The Labute approximate surface area is 177 Å². The van der Waals surface area contributed by atoms with Gasteiger partial charge in [0.15, 0.2) is 0 Å². The van der Waals surface area contributed by atoms with Crippen LogP contribution in [0.3, 0.4) is 0 Å². The third-order valence-corrected chi connectivity index (χ3v) is 6.25. The summed E-state index contributed by atoms with van der Waals surface area (Å²) in [6.07, 6.45) is 2.61. The summed E-state index contributed by atoms with van der Waals surface area (Å²) in [5.74, 6) is 0.440. The standard InChI is InChI=1S/C21H27ClN2O4S/c1-15-7-10-18(14-20(15)22)24(29(4,26)27)16(2)21(25)23-13-5-6-17-8-11-19(28-3)12-9-17/h7-12,14,16H,5-6,13H2,1-4H3,(H,23,25)/t16-/m1/s1. The SMILES string of the molecule is COc1ccc(CCCNC(=O)[C@@H](C)N(c2ccc(C)c(Cl)c2)S(C)(=O)=O)cc1. The second-order valence-corrected chi connectivity index (χ2v) is 9.18. The van der Waals surface area contributed by atoms with Crippen LogP contribution in [-0.4, -0.2) is 40.3 Å². The molecule has 0 saturated heterocycles. The molecule has 0 saturated carbocycles. The van der Waals surface area contributed by atoms with Crippen LogP contribution < -0.4 is 14.4 Å². The van der Waals surface area contributed by atoms with Gasteiger partial charge in [0, 0.05) is 11.6 Å². The predicted octanol–water partition coefficient (Wildman–Crippen LogP) is 3.56. The first-order chi connectivity index (χ1) is 13.6. The van der Waals surface area contributed by atoms with Crippen LogP contribution in [0.25, 0.3) is 0 Å². The predicted molar refractivity (Wildman–Crippen MR) is 117 cm³/mol. The third-order valence-electron chi connectivity index (χ3n) is 4.60. The molecule has 0 unspecified atom stereocenters. The Morgan fingerprint density at radius 2 is 1.86 bits per heavy atom. The number of nitrogens with zero attached hydrogens (tertiary/aromatic N) is 1. The molecule has 2 aromatic carbocycles. The summed E-state index contributed by atoms with van der Waals surface area (Å²) in [5, 5.41) is 3.27. The average Bonchev–Trinajstić information content (AvgIpc) is 2.67. The molecular weight excluding hydrogens is 412 g/mol. The molecule has 0 heterocycles. The average molecular weight is 439 g/mol. The van der Waals surface area contributed by atoms with Crippen LogP contribution >= 0.6 is 11.6 Å². The molecule has 6 nitrogen and oxygen atoms in total. The second kappa shape index (κ2) is 9.98. The van der Waals surface area contributed by atoms with Gasteiger partial charge in [-0.3, -0.25) is 9.10 Å². The fourth-order valence-electron chi connectivity index (χ4n) is 2.97. The fraction of sp³-hybridized carbons (Fsp3) is 0.381. The van der Waals surface area contributed by atoms with Crippen LogP contribution in [0.2, 0.25) is 5.02 Å². The molecule has 2 rings (SSSR count). The Kier molecular flexibility index (Phi) is 7.93. The van der Waals surface area contributed by atoms with Gasteiger partial charge in [-0.25, -0.2) is 8.42 Å². The van der Waals surface area contributed by atoms with E-state index in [1.54, 1.807) is 32.2 Å². The number of rotatable bonds is 9. The van der Waals surface area contributed by atoms with Gasteiger partial charge in [0.1, 0.15) is 11.8 Å². The van der Waals surface area contributed by atoms with Gasteiger partial charge in [0.2, 0.25) is 15.9 Å². The molecule has 1 atom stereocenters. The Morgan fingerprint density at radius 3 is 2.41 bits per heavy atom. The monoisotopic (exact) mass is 438 g/mol. The van der Waals surface area contributed by atoms with E-state index in [2.05, 4.69) is 5.32 Å². The number of carbonyl (C=O) groups excluding carboxylic acids is 1. The summed E-state index contributed by atoms with van der Waals surface area (Å²) in [4.78, 5) is 12.6. The molecule has 158 valence electrons. The number of sulfonamides is 1. The molecule has 0 aliphatic carbocycles. The molecule has 0 aromatic heterocycles. The van der Waals surface area contributed by atoms with E-state index in [9.17, 15) is 13.2 Å². The second-order valence-electron chi connectivity index (χ2n) is 6.91. The smallest absolute Gasteiger partial charge is 0.243 e. The van der Waals surface area contributed by atoms with Gasteiger partial charge in [-0.2, -0.15) is 0 Å². The third kappa shape index (κ3) is 6.37. The Bertz CT molecular complexity index is 946. The van der Waals surface area contributed by atoms with E-state index < -0.39 is 16.1 Å². The number of amides is 1. The van der Waals surface area contributed by atoms with E-state index >= 15 is 0 Å². The van der Waals surface area contributed by atoms with Gasteiger partial charge >= 0.3 is 0 Å². The summed E-state index contributed by atoms with van der Waals surface area (Å²) in [6, 6.07) is 11.8. The number of ether oxygens (including phenoxy) is 1. The number of aryl methyl sites for hydroxylation is 2. The highest BCUT2D eigenvalue weighted by molar-refractivity contribution is 7.92. The topological polar surface area (TPSA) is 75.7 Å². The fourth-order valence-corrected chi connectivity index (χ4v) is 4.31. The Balaban J connectivity index is 1.98. The van der Waals surface area contributed by atoms with Crippen molar-refractivity contribution in [2.45, 2.75) is 32.7 Å². The molecule has 8 heteroatoms. The highest BCUT2D eigenvalue weighted by atomic mass is 35.5. The number of hydrogen-bond donors (Lipinski definition) is 1. The molecule has 1 N–H and O–H groups in total. The van der Waals surface area contributed by atoms with E-state index in [0.717, 1.165) is 40.3 Å². The number of benzene rings is 2. The zero-order valence-corrected chi connectivity index (χ0v) is 18.7. The number of halogens is 1. The van der Waals surface area contributed by atoms with Gasteiger partial charge < -0.3 is 10.1 Å². The van der Waals surface area contributed by atoms with E-state index in [0.29, 0.717) is 17.3 Å². The first-order valence-electron chi connectivity index (χ1n) is 9.29. The van der Waals surface area contributed by atoms with Crippen molar-refractivity contribution in [1.82, 2.24) is 5.32 Å². The van der Waals surface area contributed by atoms with Crippen LogP contribution in [0.15, 0.2) is 42.5 Å². The number of methoxy groups -OCH3 is 1. The van der Waals surface area contributed by atoms with Crippen molar-refractivity contribution < 1.29 is 17.9 Å². The molecule has 0 bridgehead atoms. The van der Waals surface area contributed by atoms with Crippen molar-refractivity contribution in [1.29, 1.82) is 0 Å². The summed E-state index contributed by atoms with van der Waals surface area (Å²) < 4.78 is 30.9. The Morgan fingerprint density at radius 1 is 1.21 bits per heavy atom. The van der Waals surface area contributed by atoms with E-state index in [1.807, 2.05) is 31.2 Å². The molecule has 29 heavy (non-hydrogen) atoms. The molecule has 0 spiro atoms. The molecule has 0 aliphatic rings. The maximum Gasteiger partial charge on any atom is 0.243 e. The number of nitrogens with one attached hydrogen (secondary N) is 1. The minimum absolute atomic E-state index is 0.359. The van der Waals surface area contributed by atoms with Gasteiger partial charge in [-0.05, 0) is 62.1 Å². The normalized spacial score (nSPS) is 12.3. The lowest BCUT2D eigenvalue weighted by molar-refractivity contribution is -0.121. The maximum atomic E-state index is 12.6. The molecule has 0 aliphatic heterocycles. The minimum Gasteiger partial charge on any atom is -0.497 e. The quantitative estimate of drug-likeness (QED) is 0.607. The maximum absolute atomic E-state index is 12.6. The summed E-state index contributed by atoms with van der Waals surface area (Å²) in [7, 11) is -2.05. The highest BCUT2D eigenvalue weighted by Crippen LogP contribution is 2.26. The van der Waals surface area contributed by atoms with Gasteiger partial charge in [0.05, 0.1) is 19.1 Å².